The Morgan fingerprint density at radius 2 is 1.30 bits per heavy atom. The molecule has 0 spiro atoms. The molecule has 0 aliphatic heterocycles. The molecule has 3 heteroatoms. The van der Waals surface area contributed by atoms with Crippen molar-refractivity contribution in [2.75, 3.05) is 0 Å². The fourth-order valence-electron chi connectivity index (χ4n) is 2.57. The number of rotatable bonds is 2. The van der Waals surface area contributed by atoms with E-state index < -0.39 is 6.10 Å². The summed E-state index contributed by atoms with van der Waals surface area (Å²) in [7, 11) is 0. The van der Waals surface area contributed by atoms with Crippen LogP contribution in [0.2, 0.25) is 10.0 Å². The summed E-state index contributed by atoms with van der Waals surface area (Å²) in [5, 5.41) is 11.8. The molecule has 1 unspecified atom stereocenters. The van der Waals surface area contributed by atoms with Crippen molar-refractivity contribution in [3.8, 4) is 0 Å². The maximum absolute atomic E-state index is 10.8. The SMILES string of the molecule is Cc1cc(C)c(C)c(C(O)c2c(Cl)cccc2Cl)c1C. The Morgan fingerprint density at radius 1 is 0.850 bits per heavy atom. The second kappa shape index (κ2) is 5.77. The minimum absolute atomic E-state index is 0.489. The topological polar surface area (TPSA) is 20.2 Å². The lowest BCUT2D eigenvalue weighted by atomic mass is 9.88. The maximum Gasteiger partial charge on any atom is 0.107 e. The Labute approximate surface area is 130 Å². The van der Waals surface area contributed by atoms with Crippen molar-refractivity contribution < 1.29 is 5.11 Å². The fraction of sp³-hybridized carbons (Fsp3) is 0.294. The number of hydrogen-bond acceptors (Lipinski definition) is 1. The predicted octanol–water partition coefficient (Wildman–Crippen LogP) is 5.31. The third kappa shape index (κ3) is 2.58. The van der Waals surface area contributed by atoms with Gasteiger partial charge in [-0.15, -0.1) is 0 Å². The maximum atomic E-state index is 10.8. The van der Waals surface area contributed by atoms with Gasteiger partial charge in [-0.3, -0.25) is 0 Å². The molecule has 0 radical (unpaired) electrons. The molecule has 0 fully saturated rings. The number of aliphatic hydroxyl groups is 1. The van der Waals surface area contributed by atoms with E-state index in [2.05, 4.69) is 6.07 Å². The first-order valence-corrected chi connectivity index (χ1v) is 7.29. The lowest BCUT2D eigenvalue weighted by Gasteiger charge is -2.22. The zero-order valence-corrected chi connectivity index (χ0v) is 13.6. The average molecular weight is 309 g/mol. The number of halogens is 2. The highest BCUT2D eigenvalue weighted by atomic mass is 35.5. The number of aryl methyl sites for hydroxylation is 2. The van der Waals surface area contributed by atoms with Gasteiger partial charge in [-0.25, -0.2) is 0 Å². The van der Waals surface area contributed by atoms with Crippen LogP contribution < -0.4 is 0 Å². The Kier molecular flexibility index (Phi) is 4.43. The summed E-state index contributed by atoms with van der Waals surface area (Å²) in [6.07, 6.45) is -0.810. The molecule has 2 aromatic rings. The van der Waals surface area contributed by atoms with Crippen molar-refractivity contribution in [1.29, 1.82) is 0 Å². The molecule has 1 nitrogen and oxygen atoms in total. The minimum atomic E-state index is -0.810. The quantitative estimate of drug-likeness (QED) is 0.797. The summed E-state index contributed by atoms with van der Waals surface area (Å²) >= 11 is 12.4. The van der Waals surface area contributed by atoms with Gasteiger partial charge >= 0.3 is 0 Å². The lowest BCUT2D eigenvalue weighted by Crippen LogP contribution is -2.08. The zero-order valence-electron chi connectivity index (χ0n) is 12.1. The molecule has 1 N–H and O–H groups in total. The monoisotopic (exact) mass is 308 g/mol. The van der Waals surface area contributed by atoms with Crippen LogP contribution in [0.1, 0.15) is 39.5 Å². The van der Waals surface area contributed by atoms with Gasteiger partial charge in [0, 0.05) is 15.6 Å². The summed E-state index contributed by atoms with van der Waals surface area (Å²) in [5.41, 5.74) is 5.95. The average Bonchev–Trinajstić information content (AvgIpc) is 2.36. The molecule has 106 valence electrons. The van der Waals surface area contributed by atoms with Crippen LogP contribution in [0, 0.1) is 27.7 Å². The molecular weight excluding hydrogens is 291 g/mol. The van der Waals surface area contributed by atoms with E-state index in [-0.39, 0.29) is 0 Å². The summed E-state index contributed by atoms with van der Waals surface area (Å²) in [5.74, 6) is 0. The molecule has 2 aromatic carbocycles. The van der Waals surface area contributed by atoms with Gasteiger partial charge in [0.1, 0.15) is 6.10 Å². The third-order valence-electron chi connectivity index (χ3n) is 3.97. The Bertz CT molecular complexity index is 616. The van der Waals surface area contributed by atoms with Crippen LogP contribution in [0.15, 0.2) is 24.3 Å². The van der Waals surface area contributed by atoms with E-state index in [1.165, 1.54) is 0 Å². The first-order chi connectivity index (χ1) is 9.34. The van der Waals surface area contributed by atoms with Crippen LogP contribution in [0.5, 0.6) is 0 Å². The van der Waals surface area contributed by atoms with Crippen molar-refractivity contribution in [2.24, 2.45) is 0 Å². The van der Waals surface area contributed by atoms with Crippen molar-refractivity contribution >= 4 is 23.2 Å². The highest BCUT2D eigenvalue weighted by Gasteiger charge is 2.22. The summed E-state index contributed by atoms with van der Waals surface area (Å²) < 4.78 is 0. The van der Waals surface area contributed by atoms with Gasteiger partial charge in [-0.1, -0.05) is 35.3 Å². The smallest absolute Gasteiger partial charge is 0.107 e. The van der Waals surface area contributed by atoms with Gasteiger partial charge in [0.2, 0.25) is 0 Å². The molecule has 0 heterocycles. The number of benzene rings is 2. The van der Waals surface area contributed by atoms with Crippen LogP contribution in [0.4, 0.5) is 0 Å². The normalized spacial score (nSPS) is 12.6. The molecule has 0 aliphatic rings. The second-order valence-corrected chi connectivity index (χ2v) is 6.03. The van der Waals surface area contributed by atoms with Crippen molar-refractivity contribution in [1.82, 2.24) is 0 Å². The molecule has 0 saturated heterocycles. The van der Waals surface area contributed by atoms with Gasteiger partial charge < -0.3 is 5.11 Å². The third-order valence-corrected chi connectivity index (χ3v) is 4.63. The minimum Gasteiger partial charge on any atom is -0.384 e. The zero-order chi connectivity index (χ0) is 15.0. The molecule has 0 saturated carbocycles. The van der Waals surface area contributed by atoms with E-state index in [4.69, 9.17) is 23.2 Å². The predicted molar refractivity (Wildman–Crippen MR) is 85.9 cm³/mol. The van der Waals surface area contributed by atoms with E-state index in [1.807, 2.05) is 27.7 Å². The van der Waals surface area contributed by atoms with Gasteiger partial charge in [-0.05, 0) is 67.6 Å². The Hall–Kier alpha value is -1.02. The summed E-state index contributed by atoms with van der Waals surface area (Å²) in [4.78, 5) is 0. The van der Waals surface area contributed by atoms with Gasteiger partial charge in [0.15, 0.2) is 0 Å². The first kappa shape index (κ1) is 15.4. The van der Waals surface area contributed by atoms with Crippen molar-refractivity contribution in [2.45, 2.75) is 33.8 Å². The van der Waals surface area contributed by atoms with Crippen LogP contribution in [-0.2, 0) is 0 Å². The van der Waals surface area contributed by atoms with Crippen LogP contribution in [-0.4, -0.2) is 5.11 Å². The van der Waals surface area contributed by atoms with Crippen LogP contribution in [0.3, 0.4) is 0 Å². The van der Waals surface area contributed by atoms with E-state index in [0.29, 0.717) is 15.6 Å². The number of aliphatic hydroxyl groups excluding tert-OH is 1. The molecule has 0 aromatic heterocycles. The first-order valence-electron chi connectivity index (χ1n) is 6.53. The Balaban J connectivity index is 2.69. The van der Waals surface area contributed by atoms with E-state index in [9.17, 15) is 5.11 Å². The molecule has 20 heavy (non-hydrogen) atoms. The molecule has 0 bridgehead atoms. The van der Waals surface area contributed by atoms with Crippen molar-refractivity contribution in [3.63, 3.8) is 0 Å². The molecular formula is C17H18Cl2O. The lowest BCUT2D eigenvalue weighted by molar-refractivity contribution is 0.219. The standard InChI is InChI=1S/C17H18Cl2O/c1-9-8-10(2)12(4)15(11(9)3)17(20)16-13(18)6-5-7-14(16)19/h5-8,17,20H,1-4H3. The molecule has 1 atom stereocenters. The van der Waals surface area contributed by atoms with Crippen molar-refractivity contribution in [3.05, 3.63) is 67.7 Å². The largest absolute Gasteiger partial charge is 0.384 e. The fourth-order valence-corrected chi connectivity index (χ4v) is 3.18. The van der Waals surface area contributed by atoms with Gasteiger partial charge in [0.25, 0.3) is 0 Å². The molecule has 0 aliphatic carbocycles. The molecule has 0 amide bonds. The summed E-state index contributed by atoms with van der Waals surface area (Å²) in [6, 6.07) is 7.41. The van der Waals surface area contributed by atoms with Crippen LogP contribution in [0.25, 0.3) is 0 Å². The highest BCUT2D eigenvalue weighted by Crippen LogP contribution is 2.37. The molecule has 2 rings (SSSR count). The summed E-state index contributed by atoms with van der Waals surface area (Å²) in [6.45, 7) is 8.13. The Morgan fingerprint density at radius 3 is 1.75 bits per heavy atom. The van der Waals surface area contributed by atoms with Gasteiger partial charge in [-0.2, -0.15) is 0 Å². The van der Waals surface area contributed by atoms with E-state index >= 15 is 0 Å². The van der Waals surface area contributed by atoms with Gasteiger partial charge in [0.05, 0.1) is 0 Å². The van der Waals surface area contributed by atoms with E-state index in [0.717, 1.165) is 27.8 Å². The van der Waals surface area contributed by atoms with Crippen LogP contribution >= 0.6 is 23.2 Å². The van der Waals surface area contributed by atoms with E-state index in [1.54, 1.807) is 18.2 Å². The number of hydrogen-bond donors (Lipinski definition) is 1. The second-order valence-electron chi connectivity index (χ2n) is 5.21. The highest BCUT2D eigenvalue weighted by molar-refractivity contribution is 6.36.